The molecule has 6 nitrogen and oxygen atoms in total. The zero-order valence-electron chi connectivity index (χ0n) is 21.7. The number of nitrogens with zero attached hydrogens (tertiary/aromatic N) is 2. The Hall–Kier alpha value is -3.93. The van der Waals surface area contributed by atoms with Crippen molar-refractivity contribution >= 4 is 22.9 Å². The van der Waals surface area contributed by atoms with Crippen molar-refractivity contribution < 1.29 is 14.0 Å². The van der Waals surface area contributed by atoms with E-state index in [1.54, 1.807) is 0 Å². The van der Waals surface area contributed by atoms with Crippen LogP contribution >= 0.6 is 0 Å². The molecule has 190 valence electrons. The Bertz CT molecular complexity index is 1420. The van der Waals surface area contributed by atoms with Crippen molar-refractivity contribution in [1.82, 2.24) is 15.2 Å². The largest absolute Gasteiger partial charge is 0.436 e. The highest BCUT2D eigenvalue weighted by Crippen LogP contribution is 2.28. The van der Waals surface area contributed by atoms with Gasteiger partial charge in [0.2, 0.25) is 11.8 Å². The van der Waals surface area contributed by atoms with Crippen molar-refractivity contribution in [3.8, 4) is 11.5 Å². The summed E-state index contributed by atoms with van der Waals surface area (Å²) < 4.78 is 5.92. The topological polar surface area (TPSA) is 75.4 Å². The van der Waals surface area contributed by atoms with Gasteiger partial charge in [-0.1, -0.05) is 54.4 Å². The van der Waals surface area contributed by atoms with Crippen molar-refractivity contribution in [3.05, 3.63) is 89.0 Å². The summed E-state index contributed by atoms with van der Waals surface area (Å²) in [4.78, 5) is 32.5. The van der Waals surface area contributed by atoms with Gasteiger partial charge in [-0.25, -0.2) is 4.98 Å². The molecule has 37 heavy (non-hydrogen) atoms. The number of benzene rings is 3. The van der Waals surface area contributed by atoms with Gasteiger partial charge in [-0.15, -0.1) is 0 Å². The first-order chi connectivity index (χ1) is 17.9. The van der Waals surface area contributed by atoms with Crippen molar-refractivity contribution in [2.75, 3.05) is 13.1 Å². The number of rotatable bonds is 6. The van der Waals surface area contributed by atoms with E-state index >= 15 is 0 Å². The number of hydrogen-bond donors (Lipinski definition) is 1. The summed E-state index contributed by atoms with van der Waals surface area (Å²) in [7, 11) is 0. The van der Waals surface area contributed by atoms with Gasteiger partial charge in [-0.3, -0.25) is 9.59 Å². The Morgan fingerprint density at radius 1 is 1.00 bits per heavy atom. The number of fused-ring (bicyclic) bond motifs is 1. The summed E-state index contributed by atoms with van der Waals surface area (Å²) in [6.07, 6.45) is 1.63. The summed E-state index contributed by atoms with van der Waals surface area (Å²) in [6, 6.07) is 21.6. The lowest BCUT2D eigenvalue weighted by atomic mass is 9.84. The van der Waals surface area contributed by atoms with Crippen LogP contribution in [0.25, 0.3) is 22.6 Å². The zero-order valence-corrected chi connectivity index (χ0v) is 21.7. The average molecular weight is 496 g/mol. The molecule has 5 rings (SSSR count). The van der Waals surface area contributed by atoms with E-state index in [-0.39, 0.29) is 23.7 Å². The molecule has 1 aliphatic rings. The molecular formula is C31H33N3O3. The van der Waals surface area contributed by atoms with E-state index in [0.29, 0.717) is 42.2 Å². The normalized spacial score (nSPS) is 15.1. The Morgan fingerprint density at radius 3 is 2.49 bits per heavy atom. The second-order valence-electron chi connectivity index (χ2n) is 10.2. The van der Waals surface area contributed by atoms with Gasteiger partial charge >= 0.3 is 0 Å². The van der Waals surface area contributed by atoms with Crippen molar-refractivity contribution in [2.45, 2.75) is 40.2 Å². The standard InChI is InChI=1S/C31H33N3O3/c1-20-7-9-25(10-8-20)30-33-27-18-26(11-12-28(27)37-30)31(36)34-15-13-24(14-16-34)22(3)29(35)32-19-23-6-4-5-21(2)17-23/h4-12,17-18,22,24H,13-16,19H2,1-3H3,(H,32,35). The van der Waals surface area contributed by atoms with Gasteiger partial charge in [0.25, 0.3) is 5.91 Å². The molecule has 0 aliphatic carbocycles. The maximum absolute atomic E-state index is 13.2. The Balaban J connectivity index is 1.18. The lowest BCUT2D eigenvalue weighted by molar-refractivity contribution is -0.126. The predicted molar refractivity (Wildman–Crippen MR) is 145 cm³/mol. The number of carbonyl (C=O) groups excluding carboxylic acids is 2. The van der Waals surface area contributed by atoms with Crippen molar-refractivity contribution in [3.63, 3.8) is 0 Å². The number of aryl methyl sites for hydroxylation is 2. The fourth-order valence-corrected chi connectivity index (χ4v) is 5.05. The van der Waals surface area contributed by atoms with Gasteiger partial charge < -0.3 is 14.6 Å². The third-order valence-corrected chi connectivity index (χ3v) is 7.43. The Morgan fingerprint density at radius 2 is 1.76 bits per heavy atom. The maximum atomic E-state index is 13.2. The van der Waals surface area contributed by atoms with Crippen molar-refractivity contribution in [2.24, 2.45) is 11.8 Å². The smallest absolute Gasteiger partial charge is 0.253 e. The van der Waals surface area contributed by atoms with E-state index in [9.17, 15) is 9.59 Å². The minimum Gasteiger partial charge on any atom is -0.436 e. The van der Waals surface area contributed by atoms with Crippen LogP contribution in [0, 0.1) is 25.7 Å². The zero-order chi connectivity index (χ0) is 25.9. The molecule has 1 fully saturated rings. The minimum atomic E-state index is -0.0891. The molecule has 0 spiro atoms. The molecule has 1 saturated heterocycles. The Kier molecular flexibility index (Phi) is 7.08. The summed E-state index contributed by atoms with van der Waals surface area (Å²) in [5.74, 6) is 0.796. The number of aromatic nitrogens is 1. The summed E-state index contributed by atoms with van der Waals surface area (Å²) in [6.45, 7) is 7.92. The van der Waals surface area contributed by atoms with Crippen LogP contribution in [0.2, 0.25) is 0 Å². The third kappa shape index (κ3) is 5.58. The molecule has 0 bridgehead atoms. The van der Waals surface area contributed by atoms with Gasteiger partial charge in [0.15, 0.2) is 5.58 Å². The van der Waals surface area contributed by atoms with Crippen LogP contribution in [-0.4, -0.2) is 34.8 Å². The van der Waals surface area contributed by atoms with Crippen LogP contribution < -0.4 is 5.32 Å². The molecule has 0 radical (unpaired) electrons. The second kappa shape index (κ2) is 10.6. The van der Waals surface area contributed by atoms with Gasteiger partial charge in [0.05, 0.1) is 0 Å². The molecule has 4 aromatic rings. The molecule has 2 heterocycles. The first-order valence-corrected chi connectivity index (χ1v) is 13.0. The van der Waals surface area contributed by atoms with E-state index in [1.165, 1.54) is 11.1 Å². The first-order valence-electron chi connectivity index (χ1n) is 13.0. The van der Waals surface area contributed by atoms with E-state index in [2.05, 4.69) is 29.4 Å². The fraction of sp³-hybridized carbons (Fsp3) is 0.323. The number of piperidine rings is 1. The van der Waals surface area contributed by atoms with Crippen LogP contribution in [-0.2, 0) is 11.3 Å². The number of amides is 2. The SMILES string of the molecule is Cc1ccc(-c2nc3cc(C(=O)N4CCC(C(C)C(=O)NCc5cccc(C)c5)CC4)ccc3o2)cc1. The number of nitrogens with one attached hydrogen (secondary N) is 1. The molecule has 1 unspecified atom stereocenters. The van der Waals surface area contributed by atoms with Crippen LogP contribution in [0.5, 0.6) is 0 Å². The fourth-order valence-electron chi connectivity index (χ4n) is 5.05. The molecule has 1 N–H and O–H groups in total. The molecule has 0 saturated carbocycles. The highest BCUT2D eigenvalue weighted by atomic mass is 16.3. The third-order valence-electron chi connectivity index (χ3n) is 7.43. The molecule has 6 heteroatoms. The highest BCUT2D eigenvalue weighted by Gasteiger charge is 2.30. The second-order valence-corrected chi connectivity index (χ2v) is 10.2. The van der Waals surface area contributed by atoms with Crippen molar-refractivity contribution in [1.29, 1.82) is 0 Å². The summed E-state index contributed by atoms with van der Waals surface area (Å²) >= 11 is 0. The average Bonchev–Trinajstić information content (AvgIpc) is 3.35. The number of likely N-dealkylation sites (tertiary alicyclic amines) is 1. The van der Waals surface area contributed by atoms with Crippen LogP contribution in [0.3, 0.4) is 0 Å². The molecule has 2 amide bonds. The van der Waals surface area contributed by atoms with E-state index in [4.69, 9.17) is 4.42 Å². The minimum absolute atomic E-state index is 0.00297. The van der Waals surface area contributed by atoms with E-state index in [0.717, 1.165) is 24.0 Å². The molecular weight excluding hydrogens is 462 g/mol. The number of oxazole rings is 1. The van der Waals surface area contributed by atoms with E-state index in [1.807, 2.05) is 73.3 Å². The summed E-state index contributed by atoms with van der Waals surface area (Å²) in [5.41, 5.74) is 6.33. The van der Waals surface area contributed by atoms with Gasteiger partial charge in [-0.05, 0) is 68.5 Å². The molecule has 3 aromatic carbocycles. The van der Waals surface area contributed by atoms with Crippen LogP contribution in [0.15, 0.2) is 71.1 Å². The maximum Gasteiger partial charge on any atom is 0.253 e. The lowest BCUT2D eigenvalue weighted by Gasteiger charge is -2.34. The monoisotopic (exact) mass is 495 g/mol. The van der Waals surface area contributed by atoms with Crippen LogP contribution in [0.1, 0.15) is 46.8 Å². The highest BCUT2D eigenvalue weighted by molar-refractivity contribution is 5.97. The predicted octanol–water partition coefficient (Wildman–Crippen LogP) is 5.92. The lowest BCUT2D eigenvalue weighted by Crippen LogP contribution is -2.42. The number of hydrogen-bond acceptors (Lipinski definition) is 4. The Labute approximate surface area is 217 Å². The van der Waals surface area contributed by atoms with Gasteiger partial charge in [0, 0.05) is 36.7 Å². The molecule has 1 aliphatic heterocycles. The number of carbonyl (C=O) groups is 2. The quantitative estimate of drug-likeness (QED) is 0.360. The summed E-state index contributed by atoms with van der Waals surface area (Å²) in [5, 5.41) is 3.08. The molecule has 1 aromatic heterocycles. The van der Waals surface area contributed by atoms with Gasteiger partial charge in [-0.2, -0.15) is 0 Å². The first kappa shape index (κ1) is 24.8. The van der Waals surface area contributed by atoms with Gasteiger partial charge in [0.1, 0.15) is 5.52 Å². The van der Waals surface area contributed by atoms with Crippen LogP contribution in [0.4, 0.5) is 0 Å². The molecule has 1 atom stereocenters. The van der Waals surface area contributed by atoms with E-state index < -0.39 is 0 Å².